The largest absolute Gasteiger partial charge is 0.495 e. The molecule has 1 aliphatic heterocycles. The molecule has 0 N–H and O–H groups in total. The molecular formula is C22H28N2O4S. The Balaban J connectivity index is 1.84. The first-order valence-corrected chi connectivity index (χ1v) is 11.4. The van der Waals surface area contributed by atoms with Gasteiger partial charge >= 0.3 is 0 Å². The Bertz CT molecular complexity index is 957. The molecule has 0 radical (unpaired) electrons. The molecule has 29 heavy (non-hydrogen) atoms. The van der Waals surface area contributed by atoms with Crippen molar-refractivity contribution in [3.8, 4) is 5.75 Å². The molecule has 0 bridgehead atoms. The molecule has 7 heteroatoms. The molecule has 1 unspecified atom stereocenters. The number of hydrogen-bond donors (Lipinski definition) is 0. The van der Waals surface area contributed by atoms with Crippen LogP contribution < -0.4 is 9.04 Å². The molecule has 1 saturated heterocycles. The van der Waals surface area contributed by atoms with E-state index in [4.69, 9.17) is 4.74 Å². The van der Waals surface area contributed by atoms with E-state index in [1.807, 2.05) is 4.90 Å². The predicted octanol–water partition coefficient (Wildman–Crippen LogP) is 3.93. The van der Waals surface area contributed by atoms with Gasteiger partial charge in [0, 0.05) is 25.2 Å². The molecule has 1 fully saturated rings. The molecule has 1 atom stereocenters. The lowest BCUT2D eigenvalue weighted by atomic mass is 9.99. The Kier molecular flexibility index (Phi) is 6.47. The van der Waals surface area contributed by atoms with Crippen molar-refractivity contribution in [2.75, 3.05) is 25.0 Å². The van der Waals surface area contributed by atoms with Gasteiger partial charge < -0.3 is 9.64 Å². The van der Waals surface area contributed by atoms with Crippen molar-refractivity contribution in [1.29, 1.82) is 0 Å². The Hall–Kier alpha value is -2.54. The van der Waals surface area contributed by atoms with Gasteiger partial charge in [0.15, 0.2) is 0 Å². The fraction of sp³-hybridized carbons (Fsp3) is 0.409. The van der Waals surface area contributed by atoms with Crippen LogP contribution in [0, 0.1) is 0 Å². The number of piperidine rings is 1. The van der Waals surface area contributed by atoms with Crippen LogP contribution in [-0.2, 0) is 10.0 Å². The minimum absolute atomic E-state index is 0.0291. The van der Waals surface area contributed by atoms with Crippen molar-refractivity contribution in [3.63, 3.8) is 0 Å². The minimum Gasteiger partial charge on any atom is -0.495 e. The van der Waals surface area contributed by atoms with Crippen molar-refractivity contribution in [1.82, 2.24) is 4.90 Å². The fourth-order valence-corrected chi connectivity index (χ4v) is 5.01. The van der Waals surface area contributed by atoms with E-state index in [-0.39, 0.29) is 16.8 Å². The van der Waals surface area contributed by atoms with E-state index >= 15 is 0 Å². The lowest BCUT2D eigenvalue weighted by Gasteiger charge is -2.35. The summed E-state index contributed by atoms with van der Waals surface area (Å²) in [7, 11) is -0.783. The van der Waals surface area contributed by atoms with Crippen LogP contribution in [0.3, 0.4) is 0 Å². The van der Waals surface area contributed by atoms with Gasteiger partial charge in [-0.1, -0.05) is 19.1 Å². The van der Waals surface area contributed by atoms with Gasteiger partial charge in [0.1, 0.15) is 5.75 Å². The van der Waals surface area contributed by atoms with Crippen LogP contribution >= 0.6 is 0 Å². The molecular weight excluding hydrogens is 388 g/mol. The maximum Gasteiger partial charge on any atom is 0.264 e. The number of amides is 1. The molecule has 1 heterocycles. The average molecular weight is 417 g/mol. The van der Waals surface area contributed by atoms with Crippen LogP contribution in [0.4, 0.5) is 5.69 Å². The molecule has 2 aromatic carbocycles. The second-order valence-electron chi connectivity index (χ2n) is 7.23. The van der Waals surface area contributed by atoms with E-state index in [2.05, 4.69) is 6.92 Å². The number of para-hydroxylation sites is 2. The zero-order valence-electron chi connectivity index (χ0n) is 17.2. The smallest absolute Gasteiger partial charge is 0.264 e. The number of likely N-dealkylation sites (tertiary alicyclic amines) is 1. The van der Waals surface area contributed by atoms with Gasteiger partial charge in [0.05, 0.1) is 17.7 Å². The van der Waals surface area contributed by atoms with Crippen LogP contribution in [0.5, 0.6) is 5.75 Å². The summed E-state index contributed by atoms with van der Waals surface area (Å²) in [6.07, 6.45) is 4.12. The number of rotatable bonds is 6. The van der Waals surface area contributed by atoms with E-state index in [1.54, 1.807) is 36.4 Å². The second-order valence-corrected chi connectivity index (χ2v) is 9.19. The topological polar surface area (TPSA) is 66.9 Å². The first kappa shape index (κ1) is 21.2. The van der Waals surface area contributed by atoms with E-state index in [1.165, 1.54) is 30.6 Å². The second kappa shape index (κ2) is 8.86. The summed E-state index contributed by atoms with van der Waals surface area (Å²) in [4.78, 5) is 15.0. The maximum absolute atomic E-state index is 13.1. The van der Waals surface area contributed by atoms with E-state index in [0.29, 0.717) is 17.0 Å². The zero-order valence-corrected chi connectivity index (χ0v) is 18.0. The summed E-state index contributed by atoms with van der Waals surface area (Å²) in [6, 6.07) is 13.4. The van der Waals surface area contributed by atoms with E-state index in [9.17, 15) is 13.2 Å². The Labute approximate surface area is 173 Å². The van der Waals surface area contributed by atoms with Crippen molar-refractivity contribution >= 4 is 21.6 Å². The zero-order chi connectivity index (χ0) is 21.0. The SMILES string of the molecule is CCC1CCCCN1C(=O)c1ccc(S(=O)(=O)N(C)c2ccccc2OC)cc1. The van der Waals surface area contributed by atoms with Crippen LogP contribution in [0.15, 0.2) is 53.4 Å². The van der Waals surface area contributed by atoms with Crippen molar-refractivity contribution in [3.05, 3.63) is 54.1 Å². The first-order chi connectivity index (χ1) is 13.9. The molecule has 6 nitrogen and oxygen atoms in total. The van der Waals surface area contributed by atoms with Gasteiger partial charge in [-0.2, -0.15) is 0 Å². The number of ether oxygens (including phenoxy) is 1. The molecule has 0 spiro atoms. The van der Waals surface area contributed by atoms with Crippen LogP contribution in [-0.4, -0.2) is 46.0 Å². The first-order valence-electron chi connectivity index (χ1n) is 9.93. The third kappa shape index (κ3) is 4.24. The number of sulfonamides is 1. The number of hydrogen-bond acceptors (Lipinski definition) is 4. The lowest BCUT2D eigenvalue weighted by molar-refractivity contribution is 0.0608. The van der Waals surface area contributed by atoms with Crippen molar-refractivity contribution < 1.29 is 17.9 Å². The van der Waals surface area contributed by atoms with Crippen molar-refractivity contribution in [2.45, 2.75) is 43.5 Å². The monoisotopic (exact) mass is 416 g/mol. The summed E-state index contributed by atoms with van der Waals surface area (Å²) in [6.45, 7) is 2.85. The quantitative estimate of drug-likeness (QED) is 0.716. The minimum atomic E-state index is -3.78. The fourth-order valence-electron chi connectivity index (χ4n) is 3.81. The van der Waals surface area contributed by atoms with E-state index in [0.717, 1.165) is 32.2 Å². The third-order valence-electron chi connectivity index (χ3n) is 5.54. The normalized spacial score (nSPS) is 17.1. The Morgan fingerprint density at radius 1 is 1.14 bits per heavy atom. The van der Waals surface area contributed by atoms with Gasteiger partial charge in [-0.15, -0.1) is 0 Å². The van der Waals surface area contributed by atoms with Crippen LogP contribution in [0.1, 0.15) is 43.0 Å². The maximum atomic E-state index is 13.1. The Morgan fingerprint density at radius 2 is 1.83 bits per heavy atom. The summed E-state index contributed by atoms with van der Waals surface area (Å²) in [5.74, 6) is 0.444. The van der Waals surface area contributed by atoms with Gasteiger partial charge in [-0.25, -0.2) is 8.42 Å². The summed E-state index contributed by atoms with van der Waals surface area (Å²) < 4.78 is 32.6. The summed E-state index contributed by atoms with van der Waals surface area (Å²) in [5, 5.41) is 0. The summed E-state index contributed by atoms with van der Waals surface area (Å²) >= 11 is 0. The number of methoxy groups -OCH3 is 1. The third-order valence-corrected chi connectivity index (χ3v) is 7.33. The number of nitrogens with zero attached hydrogens (tertiary/aromatic N) is 2. The highest BCUT2D eigenvalue weighted by Crippen LogP contribution is 2.31. The van der Waals surface area contributed by atoms with Gasteiger partial charge in [-0.05, 0) is 62.1 Å². The van der Waals surface area contributed by atoms with Gasteiger partial charge in [0.25, 0.3) is 15.9 Å². The standard InChI is InChI=1S/C22H28N2O4S/c1-4-18-9-7-8-16-24(18)22(25)17-12-14-19(15-13-17)29(26,27)23(2)20-10-5-6-11-21(20)28-3/h5-6,10-15,18H,4,7-9,16H2,1-3H3. The average Bonchev–Trinajstić information content (AvgIpc) is 2.78. The molecule has 0 aromatic heterocycles. The van der Waals surface area contributed by atoms with Crippen molar-refractivity contribution in [2.24, 2.45) is 0 Å². The molecule has 156 valence electrons. The molecule has 3 rings (SSSR count). The van der Waals surface area contributed by atoms with E-state index < -0.39 is 10.0 Å². The molecule has 1 amide bonds. The highest BCUT2D eigenvalue weighted by atomic mass is 32.2. The van der Waals surface area contributed by atoms with Gasteiger partial charge in [0.2, 0.25) is 0 Å². The number of carbonyl (C=O) groups excluding carboxylic acids is 1. The number of carbonyl (C=O) groups is 1. The molecule has 2 aromatic rings. The highest BCUT2D eigenvalue weighted by Gasteiger charge is 2.27. The Morgan fingerprint density at radius 3 is 2.48 bits per heavy atom. The number of anilines is 1. The summed E-state index contributed by atoms with van der Waals surface area (Å²) in [5.41, 5.74) is 0.971. The highest BCUT2D eigenvalue weighted by molar-refractivity contribution is 7.92. The molecule has 0 saturated carbocycles. The van der Waals surface area contributed by atoms with Crippen LogP contribution in [0.25, 0.3) is 0 Å². The predicted molar refractivity (Wildman–Crippen MR) is 114 cm³/mol. The van der Waals surface area contributed by atoms with Crippen LogP contribution in [0.2, 0.25) is 0 Å². The number of benzene rings is 2. The van der Waals surface area contributed by atoms with Gasteiger partial charge in [-0.3, -0.25) is 9.10 Å². The lowest BCUT2D eigenvalue weighted by Crippen LogP contribution is -2.43. The molecule has 0 aliphatic carbocycles. The molecule has 1 aliphatic rings.